The van der Waals surface area contributed by atoms with Crippen LogP contribution >= 0.6 is 11.6 Å². The minimum Gasteiger partial charge on any atom is -0.454 e. The van der Waals surface area contributed by atoms with Gasteiger partial charge in [-0.25, -0.2) is 0 Å². The quantitative estimate of drug-likeness (QED) is 0.367. The Kier molecular flexibility index (Phi) is 3.87. The zero-order valence-electron chi connectivity index (χ0n) is 11.7. The van der Waals surface area contributed by atoms with Crippen LogP contribution in [-0.4, -0.2) is 11.7 Å². The molecule has 23 heavy (non-hydrogen) atoms. The van der Waals surface area contributed by atoms with Crippen LogP contribution in [0.4, 0.5) is 5.69 Å². The highest BCUT2D eigenvalue weighted by Crippen LogP contribution is 2.35. The van der Waals surface area contributed by atoms with Gasteiger partial charge in [-0.15, -0.1) is 0 Å². The van der Waals surface area contributed by atoms with Gasteiger partial charge in [0.05, 0.1) is 16.6 Å². The molecule has 0 bridgehead atoms. The molecule has 1 heterocycles. The number of benzene rings is 2. The van der Waals surface area contributed by atoms with Crippen LogP contribution in [0, 0.1) is 21.4 Å². The molecule has 114 valence electrons. The highest BCUT2D eigenvalue weighted by atomic mass is 35.5. The number of nitrogens with zero attached hydrogens (tertiary/aromatic N) is 2. The van der Waals surface area contributed by atoms with Crippen molar-refractivity contribution in [2.24, 2.45) is 0 Å². The van der Waals surface area contributed by atoms with E-state index in [2.05, 4.69) is 6.07 Å². The highest BCUT2D eigenvalue weighted by molar-refractivity contribution is 6.32. The molecule has 1 aliphatic rings. The number of nitro benzene ring substituents is 1. The molecule has 0 amide bonds. The van der Waals surface area contributed by atoms with E-state index in [1.807, 2.05) is 0 Å². The van der Waals surface area contributed by atoms with Crippen LogP contribution in [0.5, 0.6) is 11.5 Å². The zero-order chi connectivity index (χ0) is 16.4. The van der Waals surface area contributed by atoms with Crippen LogP contribution in [-0.2, 0) is 0 Å². The summed E-state index contributed by atoms with van der Waals surface area (Å²) in [6, 6.07) is 11.6. The normalized spacial score (nSPS) is 12.8. The van der Waals surface area contributed by atoms with Crippen molar-refractivity contribution in [2.45, 2.75) is 0 Å². The van der Waals surface area contributed by atoms with Gasteiger partial charge in [-0.05, 0) is 41.5 Å². The third kappa shape index (κ3) is 2.96. The molecule has 0 N–H and O–H groups in total. The number of nitriles is 1. The van der Waals surface area contributed by atoms with Crippen molar-refractivity contribution in [1.82, 2.24) is 0 Å². The second kappa shape index (κ2) is 5.99. The van der Waals surface area contributed by atoms with Gasteiger partial charge in [0, 0.05) is 6.07 Å². The minimum absolute atomic E-state index is 0.0498. The fourth-order valence-electron chi connectivity index (χ4n) is 2.17. The maximum Gasteiger partial charge on any atom is 0.288 e. The standard InChI is InChI=1S/C16H9ClN2O4/c17-13-3-1-10(6-14(13)19(20)21)5-12(8-18)11-2-4-15-16(7-11)23-9-22-15/h1-7H,9H2/b12-5-. The van der Waals surface area contributed by atoms with E-state index in [0.717, 1.165) is 0 Å². The van der Waals surface area contributed by atoms with Crippen molar-refractivity contribution in [3.05, 3.63) is 62.7 Å². The number of rotatable bonds is 3. The molecule has 7 heteroatoms. The van der Waals surface area contributed by atoms with Crippen LogP contribution in [0.1, 0.15) is 11.1 Å². The molecule has 2 aromatic rings. The fraction of sp³-hybridized carbons (Fsp3) is 0.0625. The predicted octanol–water partition coefficient (Wildman–Crippen LogP) is 4.04. The van der Waals surface area contributed by atoms with E-state index in [1.54, 1.807) is 30.3 Å². The van der Waals surface area contributed by atoms with E-state index in [4.69, 9.17) is 21.1 Å². The lowest BCUT2D eigenvalue weighted by Crippen LogP contribution is -1.92. The largest absolute Gasteiger partial charge is 0.454 e. The number of halogens is 1. The summed E-state index contributed by atoms with van der Waals surface area (Å²) in [5.74, 6) is 1.18. The molecule has 2 aromatic carbocycles. The van der Waals surface area contributed by atoms with E-state index >= 15 is 0 Å². The summed E-state index contributed by atoms with van der Waals surface area (Å²) in [6.07, 6.45) is 1.56. The Morgan fingerprint density at radius 2 is 2.04 bits per heavy atom. The lowest BCUT2D eigenvalue weighted by Gasteiger charge is -2.03. The molecule has 6 nitrogen and oxygen atoms in total. The molecule has 0 aliphatic carbocycles. The van der Waals surface area contributed by atoms with Gasteiger partial charge in [-0.3, -0.25) is 10.1 Å². The van der Waals surface area contributed by atoms with E-state index in [1.165, 1.54) is 12.1 Å². The molecular formula is C16H9ClN2O4. The summed E-state index contributed by atoms with van der Waals surface area (Å²) in [6.45, 7) is 0.147. The maximum absolute atomic E-state index is 10.9. The number of ether oxygens (including phenoxy) is 2. The number of nitro groups is 1. The molecule has 3 rings (SSSR count). The average Bonchev–Trinajstić information content (AvgIpc) is 3.01. The molecular weight excluding hydrogens is 320 g/mol. The summed E-state index contributed by atoms with van der Waals surface area (Å²) >= 11 is 5.78. The van der Waals surface area contributed by atoms with Gasteiger partial charge in [-0.2, -0.15) is 5.26 Å². The molecule has 1 aliphatic heterocycles. The first kappa shape index (κ1) is 14.9. The maximum atomic E-state index is 10.9. The van der Waals surface area contributed by atoms with Crippen LogP contribution < -0.4 is 9.47 Å². The van der Waals surface area contributed by atoms with Gasteiger partial charge in [0.1, 0.15) is 5.02 Å². The van der Waals surface area contributed by atoms with Crippen LogP contribution in [0.25, 0.3) is 11.6 Å². The zero-order valence-corrected chi connectivity index (χ0v) is 12.4. The first-order valence-electron chi connectivity index (χ1n) is 6.54. The molecule has 0 aromatic heterocycles. The Balaban J connectivity index is 2.01. The first-order valence-corrected chi connectivity index (χ1v) is 6.92. The summed E-state index contributed by atoms with van der Waals surface area (Å²) in [7, 11) is 0. The molecule has 0 saturated heterocycles. The van der Waals surface area contributed by atoms with Gasteiger partial charge >= 0.3 is 0 Å². The van der Waals surface area contributed by atoms with Crippen molar-refractivity contribution in [2.75, 3.05) is 6.79 Å². The van der Waals surface area contributed by atoms with Crippen LogP contribution in [0.3, 0.4) is 0 Å². The molecule has 0 radical (unpaired) electrons. The topological polar surface area (TPSA) is 85.4 Å². The number of hydrogen-bond acceptors (Lipinski definition) is 5. The Morgan fingerprint density at radius 3 is 2.78 bits per heavy atom. The molecule has 0 atom stereocenters. The first-order chi connectivity index (χ1) is 11.1. The summed E-state index contributed by atoms with van der Waals surface area (Å²) in [5, 5.41) is 20.4. The third-order valence-electron chi connectivity index (χ3n) is 3.28. The van der Waals surface area contributed by atoms with Crippen molar-refractivity contribution in [3.63, 3.8) is 0 Å². The smallest absolute Gasteiger partial charge is 0.288 e. The van der Waals surface area contributed by atoms with E-state index in [-0.39, 0.29) is 17.5 Å². The summed E-state index contributed by atoms with van der Waals surface area (Å²) < 4.78 is 10.5. The van der Waals surface area contributed by atoms with E-state index in [0.29, 0.717) is 28.2 Å². The van der Waals surface area contributed by atoms with E-state index < -0.39 is 4.92 Å². The van der Waals surface area contributed by atoms with Gasteiger partial charge in [-0.1, -0.05) is 17.7 Å². The monoisotopic (exact) mass is 328 g/mol. The Hall–Kier alpha value is -3.04. The van der Waals surface area contributed by atoms with Gasteiger partial charge < -0.3 is 9.47 Å². The van der Waals surface area contributed by atoms with E-state index in [9.17, 15) is 15.4 Å². The van der Waals surface area contributed by atoms with Crippen LogP contribution in [0.2, 0.25) is 5.02 Å². The SMILES string of the molecule is N#C/C(=C/c1ccc(Cl)c([N+](=O)[O-])c1)c1ccc2c(c1)OCO2. The second-order valence-electron chi connectivity index (χ2n) is 4.71. The Bertz CT molecular complexity index is 871. The number of hydrogen-bond donors (Lipinski definition) is 0. The highest BCUT2D eigenvalue weighted by Gasteiger charge is 2.16. The number of fused-ring (bicyclic) bond motifs is 1. The second-order valence-corrected chi connectivity index (χ2v) is 5.11. The van der Waals surface area contributed by atoms with Crippen molar-refractivity contribution in [1.29, 1.82) is 5.26 Å². The van der Waals surface area contributed by atoms with Gasteiger partial charge in [0.15, 0.2) is 11.5 Å². The molecule has 0 saturated carbocycles. The van der Waals surface area contributed by atoms with Crippen molar-refractivity contribution >= 4 is 28.9 Å². The lowest BCUT2D eigenvalue weighted by atomic mass is 10.0. The summed E-state index contributed by atoms with van der Waals surface area (Å²) in [5.41, 5.74) is 1.29. The summed E-state index contributed by atoms with van der Waals surface area (Å²) in [4.78, 5) is 10.4. The fourth-order valence-corrected chi connectivity index (χ4v) is 2.36. The molecule has 0 unspecified atom stereocenters. The third-order valence-corrected chi connectivity index (χ3v) is 3.60. The lowest BCUT2D eigenvalue weighted by molar-refractivity contribution is -0.384. The van der Waals surface area contributed by atoms with Gasteiger partial charge in [0.25, 0.3) is 5.69 Å². The van der Waals surface area contributed by atoms with Gasteiger partial charge in [0.2, 0.25) is 6.79 Å². The average molecular weight is 329 g/mol. The molecule has 0 fully saturated rings. The Labute approximate surface area is 136 Å². The Morgan fingerprint density at radius 1 is 1.26 bits per heavy atom. The van der Waals surface area contributed by atoms with Crippen molar-refractivity contribution in [3.8, 4) is 17.6 Å². The predicted molar refractivity (Wildman–Crippen MR) is 84.2 cm³/mol. The van der Waals surface area contributed by atoms with Crippen LogP contribution in [0.15, 0.2) is 36.4 Å². The molecule has 0 spiro atoms. The number of allylic oxidation sites excluding steroid dienone is 1. The minimum atomic E-state index is -0.563. The van der Waals surface area contributed by atoms with Crippen molar-refractivity contribution < 1.29 is 14.4 Å².